The van der Waals surface area contributed by atoms with Crippen LogP contribution in [0, 0.1) is 0 Å². The second-order valence-corrected chi connectivity index (χ2v) is 2.39. The second kappa shape index (κ2) is 5.06. The van der Waals surface area contributed by atoms with Crippen LogP contribution in [0.3, 0.4) is 0 Å². The fraction of sp³-hybridized carbons (Fsp3) is 0.833. The molecule has 0 aliphatic carbocycles. The fourth-order valence-electron chi connectivity index (χ4n) is 0.608. The van der Waals surface area contributed by atoms with Gasteiger partial charge < -0.3 is 26.5 Å². The Labute approximate surface area is 65.0 Å². The zero-order valence-corrected chi connectivity index (χ0v) is 6.19. The Balaban J connectivity index is 3.45. The highest BCUT2D eigenvalue weighted by Gasteiger charge is 2.06. The summed E-state index contributed by atoms with van der Waals surface area (Å²) >= 11 is 0. The molecule has 5 N–H and O–H groups in total. The van der Waals surface area contributed by atoms with E-state index in [-0.39, 0.29) is 13.0 Å². The molecule has 66 valence electrons. The lowest BCUT2D eigenvalue weighted by molar-refractivity contribution is -0.307. The van der Waals surface area contributed by atoms with Gasteiger partial charge in [0.25, 0.3) is 0 Å². The molecule has 0 aliphatic heterocycles. The number of aliphatic hydroxyl groups excluding tert-OH is 1. The summed E-state index contributed by atoms with van der Waals surface area (Å²) in [6.45, 7) is 0.125. The molecule has 5 nitrogen and oxygen atoms in total. The van der Waals surface area contributed by atoms with Crippen molar-refractivity contribution in [3.05, 3.63) is 0 Å². The predicted octanol–water partition coefficient (Wildman–Crippen LogP) is -2.84. The van der Waals surface area contributed by atoms with Crippen molar-refractivity contribution in [2.75, 3.05) is 6.54 Å². The Morgan fingerprint density at radius 3 is 2.45 bits per heavy atom. The van der Waals surface area contributed by atoms with E-state index in [0.29, 0.717) is 6.42 Å². The summed E-state index contributed by atoms with van der Waals surface area (Å²) in [6.07, 6.45) is -0.174. The van der Waals surface area contributed by atoms with Gasteiger partial charge in [-0.25, -0.2) is 0 Å². The van der Waals surface area contributed by atoms with Gasteiger partial charge in [0.15, 0.2) is 0 Å². The van der Waals surface area contributed by atoms with Crippen molar-refractivity contribution >= 4 is 5.97 Å². The van der Waals surface area contributed by atoms with Crippen LogP contribution in [-0.2, 0) is 4.79 Å². The molecule has 0 aliphatic rings. The number of aliphatic hydroxyl groups is 1. The molecule has 0 spiro atoms. The van der Waals surface area contributed by atoms with Crippen molar-refractivity contribution in [2.45, 2.75) is 25.0 Å². The first-order valence-electron chi connectivity index (χ1n) is 3.42. The van der Waals surface area contributed by atoms with Gasteiger partial charge in [-0.15, -0.1) is 0 Å². The van der Waals surface area contributed by atoms with Gasteiger partial charge in [0.2, 0.25) is 0 Å². The summed E-state index contributed by atoms with van der Waals surface area (Å²) in [4.78, 5) is 10.1. The SMILES string of the molecule is NCC(O)CCC(N)C(=O)[O-]. The molecule has 0 heterocycles. The number of aliphatic carboxylic acids is 1. The van der Waals surface area contributed by atoms with E-state index in [0.717, 1.165) is 0 Å². The summed E-state index contributed by atoms with van der Waals surface area (Å²) in [7, 11) is 0. The fourth-order valence-corrected chi connectivity index (χ4v) is 0.608. The van der Waals surface area contributed by atoms with Gasteiger partial charge >= 0.3 is 0 Å². The quantitative estimate of drug-likeness (QED) is 0.402. The average Bonchev–Trinajstić information content (AvgIpc) is 1.99. The Morgan fingerprint density at radius 1 is 1.55 bits per heavy atom. The largest absolute Gasteiger partial charge is 0.548 e. The van der Waals surface area contributed by atoms with Crippen LogP contribution in [-0.4, -0.2) is 29.8 Å². The van der Waals surface area contributed by atoms with Gasteiger partial charge in [0.1, 0.15) is 0 Å². The lowest BCUT2D eigenvalue weighted by Crippen LogP contribution is -2.42. The lowest BCUT2D eigenvalue weighted by atomic mass is 10.1. The summed E-state index contributed by atoms with van der Waals surface area (Å²) in [6, 6.07) is -1.00. The first kappa shape index (κ1) is 10.3. The van der Waals surface area contributed by atoms with Gasteiger partial charge in [-0.2, -0.15) is 0 Å². The van der Waals surface area contributed by atoms with Crippen molar-refractivity contribution in [2.24, 2.45) is 11.5 Å². The number of hydrogen-bond donors (Lipinski definition) is 3. The van der Waals surface area contributed by atoms with E-state index >= 15 is 0 Å². The summed E-state index contributed by atoms with van der Waals surface area (Å²) < 4.78 is 0. The third kappa shape index (κ3) is 4.72. The molecular weight excluding hydrogens is 148 g/mol. The third-order valence-electron chi connectivity index (χ3n) is 1.39. The number of hydrogen-bond acceptors (Lipinski definition) is 5. The van der Waals surface area contributed by atoms with Gasteiger partial charge in [0.05, 0.1) is 12.1 Å². The van der Waals surface area contributed by atoms with E-state index in [1.165, 1.54) is 0 Å². The molecule has 0 saturated carbocycles. The van der Waals surface area contributed by atoms with Crippen LogP contribution < -0.4 is 16.6 Å². The number of rotatable bonds is 5. The number of carbonyl (C=O) groups is 1. The van der Waals surface area contributed by atoms with Crippen molar-refractivity contribution in [1.82, 2.24) is 0 Å². The van der Waals surface area contributed by atoms with E-state index in [9.17, 15) is 9.90 Å². The molecule has 0 amide bonds. The van der Waals surface area contributed by atoms with Gasteiger partial charge in [-0.05, 0) is 12.8 Å². The molecule has 0 aromatic heterocycles. The van der Waals surface area contributed by atoms with Crippen molar-refractivity contribution < 1.29 is 15.0 Å². The second-order valence-electron chi connectivity index (χ2n) is 2.39. The Bertz CT molecular complexity index is 129. The Morgan fingerprint density at radius 2 is 2.09 bits per heavy atom. The predicted molar refractivity (Wildman–Crippen MR) is 37.3 cm³/mol. The van der Waals surface area contributed by atoms with Gasteiger partial charge in [0, 0.05) is 12.6 Å². The van der Waals surface area contributed by atoms with Crippen LogP contribution in [0.25, 0.3) is 0 Å². The van der Waals surface area contributed by atoms with Crippen LogP contribution >= 0.6 is 0 Å². The Hall–Kier alpha value is -0.650. The highest BCUT2D eigenvalue weighted by molar-refractivity contribution is 5.70. The molecule has 2 atom stereocenters. The highest BCUT2D eigenvalue weighted by Crippen LogP contribution is 1.97. The summed E-state index contributed by atoms with van der Waals surface area (Å²) in [5.74, 6) is -1.30. The summed E-state index contributed by atoms with van der Waals surface area (Å²) in [5.41, 5.74) is 10.2. The molecule has 0 rings (SSSR count). The zero-order valence-electron chi connectivity index (χ0n) is 6.19. The van der Waals surface area contributed by atoms with Crippen LogP contribution in [0.5, 0.6) is 0 Å². The van der Waals surface area contributed by atoms with E-state index in [4.69, 9.17) is 16.6 Å². The number of carbonyl (C=O) groups excluding carboxylic acids is 1. The standard InChI is InChI=1S/C6H14N2O3/c7-3-4(9)1-2-5(8)6(10)11/h4-5,9H,1-3,7-8H2,(H,10,11)/p-1. The van der Waals surface area contributed by atoms with Crippen molar-refractivity contribution in [3.8, 4) is 0 Å². The lowest BCUT2D eigenvalue weighted by Gasteiger charge is -2.13. The molecule has 0 aromatic rings. The summed E-state index contributed by atoms with van der Waals surface area (Å²) in [5, 5.41) is 18.9. The molecule has 0 bridgehead atoms. The van der Waals surface area contributed by atoms with Crippen LogP contribution in [0.2, 0.25) is 0 Å². The normalized spacial score (nSPS) is 15.9. The van der Waals surface area contributed by atoms with Crippen LogP contribution in [0.1, 0.15) is 12.8 Å². The molecule has 0 aromatic carbocycles. The van der Waals surface area contributed by atoms with E-state index in [1.807, 2.05) is 0 Å². The van der Waals surface area contributed by atoms with Crippen LogP contribution in [0.4, 0.5) is 0 Å². The van der Waals surface area contributed by atoms with Gasteiger partial charge in [-0.1, -0.05) is 0 Å². The number of carboxylic acid groups (broad SMARTS) is 1. The topological polar surface area (TPSA) is 112 Å². The molecular formula is C6H13N2O3-. The number of nitrogens with two attached hydrogens (primary N) is 2. The molecule has 11 heavy (non-hydrogen) atoms. The first-order valence-corrected chi connectivity index (χ1v) is 3.42. The van der Waals surface area contributed by atoms with E-state index in [1.54, 1.807) is 0 Å². The minimum Gasteiger partial charge on any atom is -0.548 e. The maximum atomic E-state index is 10.1. The maximum absolute atomic E-state index is 10.1. The van der Waals surface area contributed by atoms with Crippen LogP contribution in [0.15, 0.2) is 0 Å². The van der Waals surface area contributed by atoms with Crippen molar-refractivity contribution in [3.63, 3.8) is 0 Å². The first-order chi connectivity index (χ1) is 5.07. The minimum atomic E-state index is -1.30. The Kier molecular flexibility index (Phi) is 4.76. The zero-order chi connectivity index (χ0) is 8.85. The van der Waals surface area contributed by atoms with E-state index < -0.39 is 18.1 Å². The average molecular weight is 161 g/mol. The highest BCUT2D eigenvalue weighted by atomic mass is 16.4. The van der Waals surface area contributed by atoms with Gasteiger partial charge in [-0.3, -0.25) is 0 Å². The molecule has 0 saturated heterocycles. The smallest absolute Gasteiger partial charge is 0.0663 e. The molecule has 0 fully saturated rings. The number of carboxylic acids is 1. The minimum absolute atomic E-state index is 0.125. The third-order valence-corrected chi connectivity index (χ3v) is 1.39. The molecule has 5 heteroatoms. The maximum Gasteiger partial charge on any atom is 0.0663 e. The molecule has 2 unspecified atom stereocenters. The monoisotopic (exact) mass is 161 g/mol. The van der Waals surface area contributed by atoms with Crippen molar-refractivity contribution in [1.29, 1.82) is 0 Å². The van der Waals surface area contributed by atoms with E-state index in [2.05, 4.69) is 0 Å². The molecule has 0 radical (unpaired) electrons.